The Bertz CT molecular complexity index is 521. The molecule has 0 aliphatic heterocycles. The lowest BCUT2D eigenvalue weighted by molar-refractivity contribution is 0.413. The van der Waals surface area contributed by atoms with Gasteiger partial charge in [0.25, 0.3) is 0 Å². The summed E-state index contributed by atoms with van der Waals surface area (Å²) >= 11 is 0. The van der Waals surface area contributed by atoms with Crippen molar-refractivity contribution in [1.29, 1.82) is 0 Å². The van der Waals surface area contributed by atoms with Crippen LogP contribution in [0.3, 0.4) is 0 Å². The van der Waals surface area contributed by atoms with E-state index in [-0.39, 0.29) is 0 Å². The second-order valence-corrected chi connectivity index (χ2v) is 5.59. The highest BCUT2D eigenvalue weighted by Gasteiger charge is 2.09. The van der Waals surface area contributed by atoms with Crippen molar-refractivity contribution in [2.75, 3.05) is 7.11 Å². The average molecular weight is 283 g/mol. The predicted octanol–water partition coefficient (Wildman–Crippen LogP) is 4.37. The Kier molecular flexibility index (Phi) is 5.82. The van der Waals surface area contributed by atoms with Crippen molar-refractivity contribution < 1.29 is 4.74 Å². The smallest absolute Gasteiger partial charge is 0.118 e. The molecule has 0 spiro atoms. The van der Waals surface area contributed by atoms with Gasteiger partial charge in [0.2, 0.25) is 0 Å². The Morgan fingerprint density at radius 1 is 0.952 bits per heavy atom. The highest BCUT2D eigenvalue weighted by atomic mass is 16.5. The minimum atomic E-state index is 0.349. The third-order valence-electron chi connectivity index (χ3n) is 3.86. The fourth-order valence-electron chi connectivity index (χ4n) is 2.53. The fraction of sp³-hybridized carbons (Fsp3) is 0.368. The van der Waals surface area contributed by atoms with Crippen molar-refractivity contribution in [3.63, 3.8) is 0 Å². The minimum absolute atomic E-state index is 0.349. The molecule has 0 aromatic heterocycles. The van der Waals surface area contributed by atoms with E-state index >= 15 is 0 Å². The van der Waals surface area contributed by atoms with Gasteiger partial charge in [0.1, 0.15) is 5.75 Å². The van der Waals surface area contributed by atoms with E-state index in [4.69, 9.17) is 4.74 Å². The maximum atomic E-state index is 5.20. The lowest BCUT2D eigenvalue weighted by atomic mass is 10.0. The van der Waals surface area contributed by atoms with E-state index in [1.807, 2.05) is 12.1 Å². The van der Waals surface area contributed by atoms with Gasteiger partial charge in [-0.1, -0.05) is 42.5 Å². The summed E-state index contributed by atoms with van der Waals surface area (Å²) in [4.78, 5) is 0. The molecule has 1 unspecified atom stereocenters. The second-order valence-electron chi connectivity index (χ2n) is 5.59. The first kappa shape index (κ1) is 15.6. The van der Waals surface area contributed by atoms with Crippen molar-refractivity contribution in [2.24, 2.45) is 0 Å². The van der Waals surface area contributed by atoms with Crippen LogP contribution in [0.25, 0.3) is 0 Å². The summed E-state index contributed by atoms with van der Waals surface area (Å²) in [5.41, 5.74) is 2.70. The van der Waals surface area contributed by atoms with Crippen LogP contribution in [0.4, 0.5) is 0 Å². The van der Waals surface area contributed by atoms with Gasteiger partial charge < -0.3 is 10.1 Å². The number of nitrogens with one attached hydrogen (secondary N) is 1. The van der Waals surface area contributed by atoms with E-state index in [2.05, 4.69) is 61.6 Å². The molecule has 0 fully saturated rings. The Morgan fingerprint density at radius 3 is 2.24 bits per heavy atom. The van der Waals surface area contributed by atoms with Gasteiger partial charge >= 0.3 is 0 Å². The Morgan fingerprint density at radius 2 is 1.62 bits per heavy atom. The molecule has 0 bridgehead atoms. The molecule has 0 radical (unpaired) electrons. The molecule has 2 heteroatoms. The molecule has 112 valence electrons. The van der Waals surface area contributed by atoms with Crippen LogP contribution in [-0.2, 0) is 6.42 Å². The molecule has 0 amide bonds. The van der Waals surface area contributed by atoms with Gasteiger partial charge in [-0.3, -0.25) is 0 Å². The molecule has 2 rings (SSSR count). The Hall–Kier alpha value is -1.80. The maximum absolute atomic E-state index is 5.20. The molecule has 0 aliphatic carbocycles. The summed E-state index contributed by atoms with van der Waals surface area (Å²) in [5, 5.41) is 3.66. The van der Waals surface area contributed by atoms with Gasteiger partial charge in [-0.25, -0.2) is 0 Å². The van der Waals surface area contributed by atoms with E-state index in [0.717, 1.165) is 18.6 Å². The number of hydrogen-bond donors (Lipinski definition) is 1. The van der Waals surface area contributed by atoms with Gasteiger partial charge in [-0.2, -0.15) is 0 Å². The number of rotatable bonds is 7. The quantitative estimate of drug-likeness (QED) is 0.815. The molecule has 0 saturated carbocycles. The zero-order valence-corrected chi connectivity index (χ0v) is 13.2. The molecule has 0 aliphatic rings. The monoisotopic (exact) mass is 283 g/mol. The zero-order chi connectivity index (χ0) is 15.1. The molecule has 2 nitrogen and oxygen atoms in total. The van der Waals surface area contributed by atoms with Crippen molar-refractivity contribution in [3.8, 4) is 5.75 Å². The molecule has 0 saturated heterocycles. The van der Waals surface area contributed by atoms with Crippen LogP contribution in [-0.4, -0.2) is 13.2 Å². The molecule has 0 heterocycles. The van der Waals surface area contributed by atoms with Gasteiger partial charge in [-0.05, 0) is 49.9 Å². The van der Waals surface area contributed by atoms with Crippen LogP contribution in [0.1, 0.15) is 37.4 Å². The number of benzene rings is 2. The number of aryl methyl sites for hydroxylation is 1. The highest BCUT2D eigenvalue weighted by molar-refractivity contribution is 5.28. The molecule has 21 heavy (non-hydrogen) atoms. The molecular formula is C19H25NO. The molecule has 1 N–H and O–H groups in total. The van der Waals surface area contributed by atoms with Crippen LogP contribution in [0.5, 0.6) is 5.75 Å². The van der Waals surface area contributed by atoms with E-state index in [1.54, 1.807) is 7.11 Å². The summed E-state index contributed by atoms with van der Waals surface area (Å²) in [6.07, 6.45) is 2.26. The van der Waals surface area contributed by atoms with Gasteiger partial charge in [-0.15, -0.1) is 0 Å². The first-order chi connectivity index (χ1) is 10.2. The summed E-state index contributed by atoms with van der Waals surface area (Å²) in [6.45, 7) is 4.46. The average Bonchev–Trinajstić information content (AvgIpc) is 2.54. The standard InChI is InChI=1S/C19H25NO/c1-15(9-10-17-7-5-4-6-8-17)20-16(2)18-11-13-19(21-3)14-12-18/h4-8,11-16,20H,9-10H2,1-3H3/t15?,16-/m1/s1. The molecule has 2 aromatic carbocycles. The van der Waals surface area contributed by atoms with E-state index in [1.165, 1.54) is 11.1 Å². The summed E-state index contributed by atoms with van der Waals surface area (Å²) < 4.78 is 5.20. The number of hydrogen-bond acceptors (Lipinski definition) is 2. The fourth-order valence-corrected chi connectivity index (χ4v) is 2.53. The van der Waals surface area contributed by atoms with Crippen molar-refractivity contribution in [2.45, 2.75) is 38.8 Å². The van der Waals surface area contributed by atoms with Crippen LogP contribution in [0, 0.1) is 0 Å². The molecule has 2 atom stereocenters. The zero-order valence-electron chi connectivity index (χ0n) is 13.2. The van der Waals surface area contributed by atoms with Gasteiger partial charge in [0, 0.05) is 12.1 Å². The maximum Gasteiger partial charge on any atom is 0.118 e. The van der Waals surface area contributed by atoms with Crippen molar-refractivity contribution >= 4 is 0 Å². The summed E-state index contributed by atoms with van der Waals surface area (Å²) in [6, 6.07) is 19.8. The number of methoxy groups -OCH3 is 1. The first-order valence-electron chi connectivity index (χ1n) is 7.63. The summed E-state index contributed by atoms with van der Waals surface area (Å²) in [5.74, 6) is 0.906. The minimum Gasteiger partial charge on any atom is -0.497 e. The SMILES string of the molecule is COc1ccc([C@@H](C)NC(C)CCc2ccccc2)cc1. The van der Waals surface area contributed by atoms with Crippen LogP contribution in [0.15, 0.2) is 54.6 Å². The second kappa shape index (κ2) is 7.84. The largest absolute Gasteiger partial charge is 0.497 e. The lowest BCUT2D eigenvalue weighted by Crippen LogP contribution is -2.29. The third-order valence-corrected chi connectivity index (χ3v) is 3.86. The van der Waals surface area contributed by atoms with Crippen molar-refractivity contribution in [1.82, 2.24) is 5.32 Å². The lowest BCUT2D eigenvalue weighted by Gasteiger charge is -2.20. The van der Waals surface area contributed by atoms with Gasteiger partial charge in [0.05, 0.1) is 7.11 Å². The Balaban J connectivity index is 1.82. The first-order valence-corrected chi connectivity index (χ1v) is 7.63. The topological polar surface area (TPSA) is 21.3 Å². The van der Waals surface area contributed by atoms with E-state index in [0.29, 0.717) is 12.1 Å². The van der Waals surface area contributed by atoms with Crippen LogP contribution in [0.2, 0.25) is 0 Å². The normalized spacial score (nSPS) is 13.7. The van der Waals surface area contributed by atoms with Crippen molar-refractivity contribution in [3.05, 3.63) is 65.7 Å². The highest BCUT2D eigenvalue weighted by Crippen LogP contribution is 2.18. The predicted molar refractivity (Wildman–Crippen MR) is 88.8 cm³/mol. The molecule has 2 aromatic rings. The summed E-state index contributed by atoms with van der Waals surface area (Å²) in [7, 11) is 1.70. The van der Waals surface area contributed by atoms with Gasteiger partial charge in [0.15, 0.2) is 0 Å². The van der Waals surface area contributed by atoms with E-state index in [9.17, 15) is 0 Å². The van der Waals surface area contributed by atoms with E-state index < -0.39 is 0 Å². The molecular weight excluding hydrogens is 258 g/mol. The Labute approximate surface area is 128 Å². The van der Waals surface area contributed by atoms with Crippen LogP contribution >= 0.6 is 0 Å². The number of ether oxygens (including phenoxy) is 1. The van der Waals surface area contributed by atoms with Crippen LogP contribution < -0.4 is 10.1 Å². The third kappa shape index (κ3) is 4.91.